The molecule has 0 radical (unpaired) electrons. The van der Waals surface area contributed by atoms with Crippen molar-refractivity contribution in [3.05, 3.63) is 0 Å². The second-order valence-corrected chi connectivity index (χ2v) is 87.5. The van der Waals surface area contributed by atoms with Crippen molar-refractivity contribution in [3.8, 4) is 0 Å². The maximum atomic E-state index is 6.18. The minimum Gasteiger partial charge on any atom is -0.383 e. The highest BCUT2D eigenvalue weighted by atomic mass is 30.1. The molecular formula is C5H26OSi9. The molecule has 0 saturated carbocycles. The highest BCUT2D eigenvalue weighted by molar-refractivity contribution is 7.79. The SMILES string of the molecule is C1CCC([SiH]2[SiH2][SiH2][SiH2][SiH2][SiH2][SiH2][SiH2][SiH2]2)OC1. The van der Waals surface area contributed by atoms with E-state index >= 15 is 0 Å². The monoisotopic (exact) mass is 354 g/mol. The van der Waals surface area contributed by atoms with Crippen LogP contribution in [0.3, 0.4) is 0 Å². The largest absolute Gasteiger partial charge is 0.383 e. The predicted molar refractivity (Wildman–Crippen MR) is 99.1 cm³/mol. The van der Waals surface area contributed by atoms with Crippen molar-refractivity contribution in [1.29, 1.82) is 0 Å². The summed E-state index contributed by atoms with van der Waals surface area (Å²) in [6, 6.07) is 0. The van der Waals surface area contributed by atoms with Crippen molar-refractivity contribution in [2.45, 2.75) is 25.0 Å². The van der Waals surface area contributed by atoms with E-state index in [0.717, 1.165) is 57.1 Å². The van der Waals surface area contributed by atoms with E-state index in [4.69, 9.17) is 4.74 Å². The number of rotatable bonds is 1. The standard InChI is InChI=1S/C5H26OSi9/c1-2-4-6-5(3-1)15-13-11-9-7-8-10-12-14-15/h5,15H,1-4,7-14H2. The van der Waals surface area contributed by atoms with Gasteiger partial charge in [0.05, 0.1) is 0 Å². The normalized spacial score (nSPS) is 48.0. The van der Waals surface area contributed by atoms with Crippen LogP contribution < -0.4 is 0 Å². The van der Waals surface area contributed by atoms with Crippen LogP contribution in [0.4, 0.5) is 0 Å². The van der Waals surface area contributed by atoms with E-state index in [1.807, 2.05) is 0 Å². The van der Waals surface area contributed by atoms with Gasteiger partial charge in [-0.2, -0.15) is 0 Å². The van der Waals surface area contributed by atoms with Crippen molar-refractivity contribution in [1.82, 2.24) is 0 Å². The molecule has 2 aliphatic heterocycles. The Hall–Kier alpha value is 1.91. The molecule has 0 N–H and O–H groups in total. The molecule has 1 nitrogen and oxygen atoms in total. The van der Waals surface area contributed by atoms with Crippen molar-refractivity contribution in [2.24, 2.45) is 0 Å². The highest BCUT2D eigenvalue weighted by Gasteiger charge is 2.26. The van der Waals surface area contributed by atoms with Gasteiger partial charge in [-0.05, 0) is 87.7 Å². The molecule has 2 heterocycles. The molecule has 88 valence electrons. The molecule has 0 spiro atoms. The number of ether oxygens (including phenoxy) is 1. The Morgan fingerprint density at radius 1 is 0.867 bits per heavy atom. The fourth-order valence-corrected chi connectivity index (χ4v) is 381. The Labute approximate surface area is 112 Å². The van der Waals surface area contributed by atoms with E-state index in [0.29, 0.717) is 17.1 Å². The summed E-state index contributed by atoms with van der Waals surface area (Å²) in [6.07, 6.45) is 4.52. The quantitative estimate of drug-likeness (QED) is 0.425. The van der Waals surface area contributed by atoms with E-state index in [1.165, 1.54) is 13.0 Å². The molecule has 10 heteroatoms. The van der Waals surface area contributed by atoms with Crippen LogP contribution in [0.25, 0.3) is 0 Å². The lowest BCUT2D eigenvalue weighted by Crippen LogP contribution is -2.51. The minimum atomic E-state index is -0.0175. The summed E-state index contributed by atoms with van der Waals surface area (Å²) >= 11 is 0. The Kier molecular flexibility index (Phi) is 7.20. The van der Waals surface area contributed by atoms with Gasteiger partial charge in [0, 0.05) is 20.2 Å². The third-order valence-corrected chi connectivity index (χ3v) is 183. The second kappa shape index (κ2) is 8.09. The zero-order valence-corrected chi connectivity index (χ0v) is 22.5. The second-order valence-electron chi connectivity index (χ2n) is 5.36. The lowest BCUT2D eigenvalue weighted by molar-refractivity contribution is 0.0656. The third-order valence-electron chi connectivity index (χ3n) is 4.14. The topological polar surface area (TPSA) is 9.23 Å². The summed E-state index contributed by atoms with van der Waals surface area (Å²) in [4.78, 5) is 0. The fraction of sp³-hybridized carbons (Fsp3) is 1.00. The van der Waals surface area contributed by atoms with Gasteiger partial charge < -0.3 is 4.74 Å². The smallest absolute Gasteiger partial charge is 0.0465 e. The maximum Gasteiger partial charge on any atom is 0.0465 e. The van der Waals surface area contributed by atoms with Crippen molar-refractivity contribution in [2.75, 3.05) is 6.61 Å². The molecular weight excluding hydrogens is 329 g/mol. The molecule has 0 aromatic heterocycles. The van der Waals surface area contributed by atoms with Gasteiger partial charge in [-0.25, -0.2) is 0 Å². The van der Waals surface area contributed by atoms with E-state index < -0.39 is 0 Å². The van der Waals surface area contributed by atoms with Crippen LogP contribution in [0.15, 0.2) is 0 Å². The van der Waals surface area contributed by atoms with Crippen LogP contribution in [0.2, 0.25) is 0 Å². The zero-order valence-electron chi connectivity index (χ0n) is 10.0. The Morgan fingerprint density at radius 3 is 2.13 bits per heavy atom. The highest BCUT2D eigenvalue weighted by Crippen LogP contribution is 2.14. The first-order valence-electron chi connectivity index (χ1n) is 7.08. The molecule has 2 fully saturated rings. The van der Waals surface area contributed by atoms with Crippen LogP contribution >= 0.6 is 0 Å². The minimum absolute atomic E-state index is 0.0175. The first kappa shape index (κ1) is 13.3. The lowest BCUT2D eigenvalue weighted by atomic mass is 10.2. The van der Waals surface area contributed by atoms with Crippen molar-refractivity contribution in [3.63, 3.8) is 0 Å². The first-order chi connectivity index (χ1) is 7.47. The number of hydrogen-bond donors (Lipinski definition) is 0. The van der Waals surface area contributed by atoms with Crippen LogP contribution in [-0.2, 0) is 4.74 Å². The summed E-state index contributed by atoms with van der Waals surface area (Å²) in [6.45, 7) is 1.18. The third kappa shape index (κ3) is 4.96. The van der Waals surface area contributed by atoms with Gasteiger partial charge in [-0.3, -0.25) is 0 Å². The van der Waals surface area contributed by atoms with Gasteiger partial charge in [0.2, 0.25) is 0 Å². The van der Waals surface area contributed by atoms with Crippen LogP contribution in [0.5, 0.6) is 0 Å². The molecule has 2 rings (SSSR count). The molecule has 0 aromatic carbocycles. The zero-order chi connectivity index (χ0) is 10.3. The molecule has 0 aromatic rings. The van der Waals surface area contributed by atoms with Gasteiger partial charge in [-0.1, -0.05) is 0 Å². The molecule has 1 unspecified atom stereocenters. The Morgan fingerprint density at radius 2 is 1.53 bits per heavy atom. The van der Waals surface area contributed by atoms with Crippen molar-refractivity contribution < 1.29 is 4.74 Å². The van der Waals surface area contributed by atoms with Gasteiger partial charge in [-0.15, -0.1) is 0 Å². The summed E-state index contributed by atoms with van der Waals surface area (Å²) < 4.78 is 6.18. The summed E-state index contributed by atoms with van der Waals surface area (Å²) in [5, 5.41) is 0. The Bertz CT molecular complexity index is 164. The van der Waals surface area contributed by atoms with E-state index in [2.05, 4.69) is 0 Å². The van der Waals surface area contributed by atoms with Crippen molar-refractivity contribution >= 4 is 76.3 Å². The molecule has 0 aliphatic carbocycles. The molecule has 0 bridgehead atoms. The summed E-state index contributed by atoms with van der Waals surface area (Å²) in [7, 11) is 6.25. The van der Waals surface area contributed by atoms with Gasteiger partial charge in [0.15, 0.2) is 0 Å². The lowest BCUT2D eigenvalue weighted by Gasteiger charge is -2.29. The summed E-state index contributed by atoms with van der Waals surface area (Å²) in [5.74, 6) is 0. The van der Waals surface area contributed by atoms with Gasteiger partial charge in [0.1, 0.15) is 0 Å². The maximum absolute atomic E-state index is 6.18. The van der Waals surface area contributed by atoms with Crippen LogP contribution in [0, 0.1) is 0 Å². The molecule has 2 aliphatic rings. The molecule has 1 atom stereocenters. The summed E-state index contributed by atoms with van der Waals surface area (Å²) in [5.41, 5.74) is 1.03. The van der Waals surface area contributed by atoms with E-state index in [1.54, 1.807) is 12.8 Å². The van der Waals surface area contributed by atoms with Crippen LogP contribution in [-0.4, -0.2) is 88.6 Å². The number of hydrogen-bond acceptors (Lipinski definition) is 1. The average molecular weight is 355 g/mol. The Balaban J connectivity index is 1.80. The van der Waals surface area contributed by atoms with Crippen LogP contribution in [0.1, 0.15) is 19.3 Å². The van der Waals surface area contributed by atoms with E-state index in [-0.39, 0.29) is 7.83 Å². The first-order valence-corrected chi connectivity index (χ1v) is 42.3. The average Bonchev–Trinajstić information content (AvgIpc) is 2.43. The molecule has 2 saturated heterocycles. The predicted octanol–water partition coefficient (Wildman–Crippen LogP) is -6.92. The molecule has 0 amide bonds. The molecule has 15 heavy (non-hydrogen) atoms. The van der Waals surface area contributed by atoms with E-state index in [9.17, 15) is 0 Å². The van der Waals surface area contributed by atoms with Gasteiger partial charge in [0.25, 0.3) is 0 Å². The van der Waals surface area contributed by atoms with Gasteiger partial charge >= 0.3 is 0 Å². The fourth-order valence-electron chi connectivity index (χ4n) is 3.17.